The second kappa shape index (κ2) is 5.83. The summed E-state index contributed by atoms with van der Waals surface area (Å²) in [6.45, 7) is 1.99. The van der Waals surface area contributed by atoms with Crippen LogP contribution in [0.4, 0.5) is 5.69 Å². The van der Waals surface area contributed by atoms with Gasteiger partial charge in [-0.3, -0.25) is 4.79 Å². The van der Waals surface area contributed by atoms with Gasteiger partial charge in [0.2, 0.25) is 5.91 Å². The van der Waals surface area contributed by atoms with Gasteiger partial charge >= 0.3 is 0 Å². The molecule has 2 aromatic carbocycles. The van der Waals surface area contributed by atoms with E-state index in [1.165, 1.54) is 0 Å². The van der Waals surface area contributed by atoms with E-state index in [2.05, 4.69) is 11.4 Å². The summed E-state index contributed by atoms with van der Waals surface area (Å²) in [6, 6.07) is 16.8. The van der Waals surface area contributed by atoms with Gasteiger partial charge in [-0.2, -0.15) is 5.26 Å². The number of nitriles is 1. The SMILES string of the molecule is Cc1ccc(NC(=O)Cc2ccccc2C#N)cc1. The molecule has 94 valence electrons. The number of aryl methyl sites for hydroxylation is 1. The van der Waals surface area contributed by atoms with Crippen LogP contribution in [0.2, 0.25) is 0 Å². The molecule has 0 aliphatic carbocycles. The van der Waals surface area contributed by atoms with E-state index < -0.39 is 0 Å². The summed E-state index contributed by atoms with van der Waals surface area (Å²) in [5.74, 6) is -0.119. The first-order valence-electron chi connectivity index (χ1n) is 6.03. The summed E-state index contributed by atoms with van der Waals surface area (Å²) in [5, 5.41) is 11.8. The Bertz CT molecular complexity index is 624. The third kappa shape index (κ3) is 3.43. The van der Waals surface area contributed by atoms with Gasteiger partial charge in [0.15, 0.2) is 0 Å². The van der Waals surface area contributed by atoms with Crippen LogP contribution in [0.15, 0.2) is 48.5 Å². The van der Waals surface area contributed by atoms with Crippen LogP contribution in [-0.2, 0) is 11.2 Å². The molecule has 0 saturated carbocycles. The first-order valence-corrected chi connectivity index (χ1v) is 6.03. The monoisotopic (exact) mass is 250 g/mol. The molecule has 0 saturated heterocycles. The molecule has 0 bridgehead atoms. The molecular weight excluding hydrogens is 236 g/mol. The number of nitrogens with zero attached hydrogens (tertiary/aromatic N) is 1. The predicted octanol–water partition coefficient (Wildman–Crippen LogP) is 3.05. The molecule has 2 rings (SSSR count). The topological polar surface area (TPSA) is 52.9 Å². The Morgan fingerprint density at radius 1 is 1.16 bits per heavy atom. The Morgan fingerprint density at radius 3 is 2.53 bits per heavy atom. The second-order valence-electron chi connectivity index (χ2n) is 4.36. The number of rotatable bonds is 3. The van der Waals surface area contributed by atoms with Crippen LogP contribution < -0.4 is 5.32 Å². The fourth-order valence-corrected chi connectivity index (χ4v) is 1.80. The molecular formula is C16H14N2O. The zero-order valence-electron chi connectivity index (χ0n) is 10.7. The average Bonchev–Trinajstić information content (AvgIpc) is 2.42. The van der Waals surface area contributed by atoms with Gasteiger partial charge in [-0.05, 0) is 30.7 Å². The highest BCUT2D eigenvalue weighted by Gasteiger charge is 2.07. The lowest BCUT2D eigenvalue weighted by molar-refractivity contribution is -0.115. The van der Waals surface area contributed by atoms with E-state index in [1.54, 1.807) is 18.2 Å². The molecule has 0 aliphatic heterocycles. The lowest BCUT2D eigenvalue weighted by atomic mass is 10.1. The van der Waals surface area contributed by atoms with E-state index in [-0.39, 0.29) is 12.3 Å². The van der Waals surface area contributed by atoms with Crippen molar-refractivity contribution in [2.24, 2.45) is 0 Å². The van der Waals surface area contributed by atoms with Crippen LogP contribution in [0.1, 0.15) is 16.7 Å². The van der Waals surface area contributed by atoms with Crippen LogP contribution >= 0.6 is 0 Å². The Balaban J connectivity index is 2.06. The first kappa shape index (κ1) is 12.8. The van der Waals surface area contributed by atoms with Gasteiger partial charge < -0.3 is 5.32 Å². The van der Waals surface area contributed by atoms with E-state index in [0.29, 0.717) is 5.56 Å². The third-order valence-corrected chi connectivity index (χ3v) is 2.82. The fourth-order valence-electron chi connectivity index (χ4n) is 1.80. The van der Waals surface area contributed by atoms with Crippen molar-refractivity contribution in [1.82, 2.24) is 0 Å². The highest BCUT2D eigenvalue weighted by Crippen LogP contribution is 2.11. The van der Waals surface area contributed by atoms with Gasteiger partial charge in [-0.15, -0.1) is 0 Å². The molecule has 1 N–H and O–H groups in total. The van der Waals surface area contributed by atoms with Gasteiger partial charge in [0.1, 0.15) is 0 Å². The van der Waals surface area contributed by atoms with Crippen molar-refractivity contribution in [3.05, 3.63) is 65.2 Å². The molecule has 0 atom stereocenters. The summed E-state index contributed by atoms with van der Waals surface area (Å²) in [5.41, 5.74) is 3.20. The number of hydrogen-bond donors (Lipinski definition) is 1. The van der Waals surface area contributed by atoms with Crippen molar-refractivity contribution in [3.8, 4) is 6.07 Å². The van der Waals surface area contributed by atoms with Crippen molar-refractivity contribution in [2.75, 3.05) is 5.32 Å². The Labute approximate surface area is 112 Å². The molecule has 0 aromatic heterocycles. The minimum absolute atomic E-state index is 0.119. The van der Waals surface area contributed by atoms with Gasteiger partial charge in [-0.25, -0.2) is 0 Å². The number of anilines is 1. The summed E-state index contributed by atoms with van der Waals surface area (Å²) >= 11 is 0. The van der Waals surface area contributed by atoms with Gasteiger partial charge in [0.25, 0.3) is 0 Å². The van der Waals surface area contributed by atoms with Crippen LogP contribution in [0.3, 0.4) is 0 Å². The Kier molecular flexibility index (Phi) is 3.94. The average molecular weight is 250 g/mol. The number of amides is 1. The molecule has 0 unspecified atom stereocenters. The van der Waals surface area contributed by atoms with Gasteiger partial charge in [0, 0.05) is 5.69 Å². The molecule has 0 spiro atoms. The maximum absolute atomic E-state index is 11.9. The molecule has 19 heavy (non-hydrogen) atoms. The molecule has 0 fully saturated rings. The lowest BCUT2D eigenvalue weighted by Gasteiger charge is -2.06. The smallest absolute Gasteiger partial charge is 0.228 e. The van der Waals surface area contributed by atoms with Gasteiger partial charge in [0.05, 0.1) is 18.1 Å². The lowest BCUT2D eigenvalue weighted by Crippen LogP contribution is -2.15. The zero-order valence-corrected chi connectivity index (χ0v) is 10.7. The van der Waals surface area contributed by atoms with Crippen LogP contribution in [0.25, 0.3) is 0 Å². The first-order chi connectivity index (χ1) is 9.19. The minimum atomic E-state index is -0.119. The quantitative estimate of drug-likeness (QED) is 0.910. The fraction of sp³-hybridized carbons (Fsp3) is 0.125. The predicted molar refractivity (Wildman–Crippen MR) is 74.7 cm³/mol. The summed E-state index contributed by atoms with van der Waals surface area (Å²) in [4.78, 5) is 11.9. The maximum Gasteiger partial charge on any atom is 0.228 e. The highest BCUT2D eigenvalue weighted by atomic mass is 16.1. The van der Waals surface area contributed by atoms with Crippen molar-refractivity contribution >= 4 is 11.6 Å². The zero-order chi connectivity index (χ0) is 13.7. The standard InChI is InChI=1S/C16H14N2O/c1-12-6-8-15(9-7-12)18-16(19)10-13-4-2-3-5-14(13)11-17/h2-9H,10H2,1H3,(H,18,19). The van der Waals surface area contributed by atoms with Gasteiger partial charge in [-0.1, -0.05) is 35.9 Å². The molecule has 0 aliphatic rings. The molecule has 3 nitrogen and oxygen atoms in total. The summed E-state index contributed by atoms with van der Waals surface area (Å²) in [6.07, 6.45) is 0.206. The van der Waals surface area contributed by atoms with E-state index >= 15 is 0 Å². The second-order valence-corrected chi connectivity index (χ2v) is 4.36. The van der Waals surface area contributed by atoms with Crippen molar-refractivity contribution in [1.29, 1.82) is 5.26 Å². The number of nitrogens with one attached hydrogen (secondary N) is 1. The largest absolute Gasteiger partial charge is 0.326 e. The van der Waals surface area contributed by atoms with E-state index in [4.69, 9.17) is 5.26 Å². The molecule has 3 heteroatoms. The Hall–Kier alpha value is -2.60. The van der Waals surface area contributed by atoms with E-state index in [0.717, 1.165) is 16.8 Å². The molecule has 0 radical (unpaired) electrons. The van der Waals surface area contributed by atoms with Crippen molar-refractivity contribution in [3.63, 3.8) is 0 Å². The van der Waals surface area contributed by atoms with Crippen molar-refractivity contribution < 1.29 is 4.79 Å². The third-order valence-electron chi connectivity index (χ3n) is 2.82. The van der Waals surface area contributed by atoms with Crippen LogP contribution in [0.5, 0.6) is 0 Å². The number of carbonyl (C=O) groups is 1. The van der Waals surface area contributed by atoms with E-state index in [9.17, 15) is 4.79 Å². The summed E-state index contributed by atoms with van der Waals surface area (Å²) < 4.78 is 0. The van der Waals surface area contributed by atoms with Crippen LogP contribution in [0, 0.1) is 18.3 Å². The minimum Gasteiger partial charge on any atom is -0.326 e. The summed E-state index contributed by atoms with van der Waals surface area (Å²) in [7, 11) is 0. The van der Waals surface area contributed by atoms with Crippen LogP contribution in [-0.4, -0.2) is 5.91 Å². The molecule has 2 aromatic rings. The molecule has 0 heterocycles. The normalized spacial score (nSPS) is 9.68. The Morgan fingerprint density at radius 2 is 1.84 bits per heavy atom. The van der Waals surface area contributed by atoms with E-state index in [1.807, 2.05) is 37.3 Å². The van der Waals surface area contributed by atoms with Crippen molar-refractivity contribution in [2.45, 2.75) is 13.3 Å². The number of hydrogen-bond acceptors (Lipinski definition) is 2. The maximum atomic E-state index is 11.9. The highest BCUT2D eigenvalue weighted by molar-refractivity contribution is 5.92. The number of carbonyl (C=O) groups excluding carboxylic acids is 1. The molecule has 1 amide bonds. The number of benzene rings is 2.